The predicted octanol–water partition coefficient (Wildman–Crippen LogP) is -0.689. The molecule has 294 valence electrons. The molecule has 2 radical (unpaired) electrons. The number of carbonyl (C=O) groups is 6. The van der Waals surface area contributed by atoms with Crippen LogP contribution in [0.4, 0.5) is 5.13 Å². The number of nitrogens with zero attached hydrogens (tertiary/aromatic N) is 7. The minimum absolute atomic E-state index is 0. The summed E-state index contributed by atoms with van der Waals surface area (Å²) in [5.74, 6) is -7.23. The van der Waals surface area contributed by atoms with E-state index in [9.17, 15) is 49.2 Å². The number of β-lactam (4-membered cyclic amide) rings is 1. The molecule has 9 N–H and O–H groups in total. The van der Waals surface area contributed by atoms with Crippen LogP contribution in [0.1, 0.15) is 46.2 Å². The third kappa shape index (κ3) is 9.69. The number of carboxylic acid groups (broad SMARTS) is 2. The number of thioether (sulfide) groups is 2. The van der Waals surface area contributed by atoms with Crippen molar-refractivity contribution < 1.29 is 54.0 Å². The topological polar surface area (TPSA) is 326 Å². The smallest absolute Gasteiger partial charge is 0.375 e. The number of hydrazine groups is 1. The number of carbonyl (C=O) groups excluding carboxylic acids is 4. The SMILES string of the molecule is Cc1cc(SCC2=C(C(=O)O)N3C(=O)[C@@H](NC(=O)C(=NOC(C)(C)C(=O)NNC(=O)c4ccc(O)c(O)c4)c4csc(N)n4)[C@H]3SC2)nc2nc(C(=O)O)nn12.[Na].[Na]. The Morgan fingerprint density at radius 2 is 1.78 bits per heavy atom. The molecule has 0 bridgehead atoms. The number of phenolic OH excluding ortho intramolecular Hbond substituents is 2. The quantitative estimate of drug-likeness (QED) is 0.0166. The number of fused-ring (bicyclic) bond motifs is 2. The number of amides is 4. The molecule has 1 aromatic carbocycles. The zero-order valence-electron chi connectivity index (χ0n) is 31.0. The number of carboxylic acids is 2. The van der Waals surface area contributed by atoms with E-state index in [2.05, 4.69) is 41.4 Å². The van der Waals surface area contributed by atoms with Gasteiger partial charge in [-0.1, -0.05) is 5.16 Å². The van der Waals surface area contributed by atoms with Gasteiger partial charge in [0.25, 0.3) is 35.2 Å². The third-order valence-electron chi connectivity index (χ3n) is 8.01. The van der Waals surface area contributed by atoms with E-state index in [1.54, 1.807) is 13.0 Å². The van der Waals surface area contributed by atoms with Crippen molar-refractivity contribution in [3.05, 3.63) is 63.7 Å². The number of oxime groups is 1. The average molecular weight is 874 g/mol. The van der Waals surface area contributed by atoms with Gasteiger partial charge in [0.15, 0.2) is 22.3 Å². The monoisotopic (exact) mass is 873 g/mol. The fraction of sp³-hybridized carbons (Fsp3) is 0.258. The first-order valence-electron chi connectivity index (χ1n) is 15.9. The van der Waals surface area contributed by atoms with Crippen molar-refractivity contribution in [3.8, 4) is 11.5 Å². The summed E-state index contributed by atoms with van der Waals surface area (Å²) in [5, 5.41) is 49.8. The average Bonchev–Trinajstić information content (AvgIpc) is 3.79. The number of thiazole rings is 1. The fourth-order valence-electron chi connectivity index (χ4n) is 5.12. The molecule has 0 spiro atoms. The van der Waals surface area contributed by atoms with E-state index in [0.29, 0.717) is 16.3 Å². The van der Waals surface area contributed by atoms with Gasteiger partial charge in [0, 0.05) is 87.3 Å². The summed E-state index contributed by atoms with van der Waals surface area (Å²) in [4.78, 5) is 95.0. The Balaban J connectivity index is 0.00000372. The molecule has 1 saturated heterocycles. The maximum atomic E-state index is 13.6. The molecule has 5 heterocycles. The van der Waals surface area contributed by atoms with Crippen LogP contribution in [0.5, 0.6) is 11.5 Å². The molecule has 2 atom stereocenters. The molecular weight excluding hydrogens is 845 g/mol. The van der Waals surface area contributed by atoms with E-state index in [0.717, 1.165) is 40.1 Å². The van der Waals surface area contributed by atoms with Crippen LogP contribution in [-0.4, -0.2) is 179 Å². The van der Waals surface area contributed by atoms with E-state index < -0.39 is 75.6 Å². The Kier molecular flexibility index (Phi) is 14.8. The molecule has 0 saturated carbocycles. The number of anilines is 1. The van der Waals surface area contributed by atoms with Gasteiger partial charge in [0.2, 0.25) is 5.60 Å². The zero-order valence-corrected chi connectivity index (χ0v) is 37.5. The maximum absolute atomic E-state index is 13.6. The molecule has 22 nitrogen and oxygen atoms in total. The molecular formula is C31H29N11Na2O11S3. The van der Waals surface area contributed by atoms with Crippen LogP contribution in [0.25, 0.3) is 5.78 Å². The summed E-state index contributed by atoms with van der Waals surface area (Å²) in [6, 6.07) is 3.70. The first kappa shape index (κ1) is 46.2. The Hall–Kier alpha value is -4.47. The van der Waals surface area contributed by atoms with Gasteiger partial charge in [-0.25, -0.2) is 24.1 Å². The van der Waals surface area contributed by atoms with Crippen LogP contribution in [0.2, 0.25) is 0 Å². The molecule has 4 aromatic rings. The Bertz CT molecular complexity index is 2410. The predicted molar refractivity (Wildman–Crippen MR) is 208 cm³/mol. The fourth-order valence-corrected chi connectivity index (χ4v) is 8.10. The van der Waals surface area contributed by atoms with Crippen molar-refractivity contribution in [3.63, 3.8) is 0 Å². The summed E-state index contributed by atoms with van der Waals surface area (Å²) in [7, 11) is 0. The van der Waals surface area contributed by atoms with Gasteiger partial charge in [-0.3, -0.25) is 34.9 Å². The second-order valence-corrected chi connectivity index (χ2v) is 15.3. The number of hydrogen-bond donors (Lipinski definition) is 8. The number of nitrogens with one attached hydrogen (secondary N) is 3. The molecule has 3 aromatic heterocycles. The van der Waals surface area contributed by atoms with E-state index >= 15 is 0 Å². The number of rotatable bonds is 12. The van der Waals surface area contributed by atoms with E-state index in [-0.39, 0.29) is 98.5 Å². The van der Waals surface area contributed by atoms with Crippen LogP contribution in [0.3, 0.4) is 0 Å². The number of nitrogen functional groups attached to an aromatic ring is 1. The van der Waals surface area contributed by atoms with E-state index in [1.165, 1.54) is 41.6 Å². The van der Waals surface area contributed by atoms with Crippen molar-refractivity contribution in [2.45, 2.75) is 42.8 Å². The maximum Gasteiger partial charge on any atom is 0.375 e. The molecule has 0 unspecified atom stereocenters. The second kappa shape index (κ2) is 18.6. The summed E-state index contributed by atoms with van der Waals surface area (Å²) >= 11 is 3.34. The molecule has 1 fully saturated rings. The van der Waals surface area contributed by atoms with Crippen LogP contribution in [-0.2, 0) is 24.0 Å². The number of hydrogen-bond acceptors (Lipinski definition) is 18. The van der Waals surface area contributed by atoms with Crippen molar-refractivity contribution in [1.29, 1.82) is 0 Å². The third-order valence-corrected chi connectivity index (χ3v) is 11.0. The molecule has 0 aliphatic carbocycles. The summed E-state index contributed by atoms with van der Waals surface area (Å²) in [6.07, 6.45) is 0. The molecule has 58 heavy (non-hydrogen) atoms. The van der Waals surface area contributed by atoms with Gasteiger partial charge in [-0.05, 0) is 50.6 Å². The number of aromatic hydroxyl groups is 2. The molecule has 4 amide bonds. The number of benzene rings is 1. The summed E-state index contributed by atoms with van der Waals surface area (Å²) < 4.78 is 1.27. The van der Waals surface area contributed by atoms with Crippen LogP contribution < -0.4 is 21.9 Å². The van der Waals surface area contributed by atoms with Crippen LogP contribution >= 0.6 is 34.9 Å². The Morgan fingerprint density at radius 3 is 2.41 bits per heavy atom. The Morgan fingerprint density at radius 1 is 1.05 bits per heavy atom. The van der Waals surface area contributed by atoms with Gasteiger partial charge in [-0.15, -0.1) is 40.0 Å². The zero-order chi connectivity index (χ0) is 40.6. The van der Waals surface area contributed by atoms with Gasteiger partial charge in [-0.2, -0.15) is 4.98 Å². The number of aromatic carboxylic acids is 1. The van der Waals surface area contributed by atoms with Gasteiger partial charge < -0.3 is 36.3 Å². The number of aryl methyl sites for hydroxylation is 1. The molecule has 27 heteroatoms. The number of nitrogens with two attached hydrogens (primary N) is 1. The molecule has 2 aliphatic rings. The minimum Gasteiger partial charge on any atom is -0.504 e. The van der Waals surface area contributed by atoms with Crippen molar-refractivity contribution in [1.82, 2.24) is 45.6 Å². The Labute approximate surface area is 383 Å². The van der Waals surface area contributed by atoms with Crippen molar-refractivity contribution >= 4 is 146 Å². The summed E-state index contributed by atoms with van der Waals surface area (Å²) in [5.41, 5.74) is 8.29. The van der Waals surface area contributed by atoms with E-state index in [4.69, 9.17) is 10.6 Å². The first-order valence-corrected chi connectivity index (χ1v) is 18.8. The summed E-state index contributed by atoms with van der Waals surface area (Å²) in [6.45, 7) is 4.23. The molecule has 6 rings (SSSR count). The standard InChI is InChI=1S/C31H29N11O11S3.2Na/c1-11-6-17(34-30-36-21(27(50)51)39-42(11)30)54-8-13-9-55-25-19(24(47)41(25)20(13)26(48)49)35-23(46)18(14-10-56-29(32)33-14)40-53-31(2,3)28(52)38-37-22(45)12-4-5-15(43)16(44)7-12;;/h4-7,10,19,25,43-44H,8-9H2,1-3H3,(H2,32,33)(H,35,46)(H,37,45)(H,38,52)(H,48,49)(H,50,51);;/t19-,25-;;/m1../s1. The minimum atomic E-state index is -1.83. The number of phenols is 2. The largest absolute Gasteiger partial charge is 0.504 e. The van der Waals surface area contributed by atoms with Crippen molar-refractivity contribution in [2.24, 2.45) is 5.16 Å². The van der Waals surface area contributed by atoms with Gasteiger partial charge in [0.1, 0.15) is 27.8 Å². The van der Waals surface area contributed by atoms with Crippen molar-refractivity contribution in [2.75, 3.05) is 17.2 Å². The van der Waals surface area contributed by atoms with E-state index in [1.807, 2.05) is 0 Å². The molecule has 2 aliphatic heterocycles. The van der Waals surface area contributed by atoms with Gasteiger partial charge in [0.05, 0.1) is 0 Å². The normalized spacial score (nSPS) is 16.3. The second-order valence-electron chi connectivity index (χ2n) is 12.3. The first-order chi connectivity index (χ1) is 26.4. The number of aromatic nitrogens is 5. The van der Waals surface area contributed by atoms with Crippen LogP contribution in [0.15, 0.2) is 51.1 Å². The van der Waals surface area contributed by atoms with Crippen LogP contribution in [0, 0.1) is 6.92 Å². The number of aliphatic carboxylic acids is 1. The van der Waals surface area contributed by atoms with Gasteiger partial charge >= 0.3 is 11.9 Å².